The van der Waals surface area contributed by atoms with Gasteiger partial charge in [-0.2, -0.15) is 0 Å². The van der Waals surface area contributed by atoms with Gasteiger partial charge < -0.3 is 14.7 Å². The number of nitrogens with zero attached hydrogens (tertiary/aromatic N) is 3. The molecule has 1 atom stereocenters. The number of hydrogen-bond acceptors (Lipinski definition) is 3. The maximum Gasteiger partial charge on any atom is 0.230 e. The molecule has 0 aromatic heterocycles. The number of likely N-dealkylation sites (tertiary alicyclic amines) is 1. The Hall–Kier alpha value is -1.88. The molecule has 4 rings (SSSR count). The van der Waals surface area contributed by atoms with Crippen molar-refractivity contribution in [2.75, 3.05) is 45.8 Å². The number of amides is 2. The van der Waals surface area contributed by atoms with Gasteiger partial charge in [-0.1, -0.05) is 30.3 Å². The van der Waals surface area contributed by atoms with Crippen LogP contribution in [0.2, 0.25) is 0 Å². The van der Waals surface area contributed by atoms with E-state index in [4.69, 9.17) is 0 Å². The van der Waals surface area contributed by atoms with Gasteiger partial charge in [-0.25, -0.2) is 0 Å². The Kier molecular flexibility index (Phi) is 5.77. The van der Waals surface area contributed by atoms with Crippen LogP contribution in [0.15, 0.2) is 30.3 Å². The van der Waals surface area contributed by atoms with Gasteiger partial charge in [0, 0.05) is 39.1 Å². The molecule has 1 aromatic carbocycles. The molecule has 146 valence electrons. The quantitative estimate of drug-likeness (QED) is 0.773. The number of carbonyl (C=O) groups excluding carboxylic acids is 2. The molecule has 0 radical (unpaired) electrons. The second kappa shape index (κ2) is 8.42. The number of benzene rings is 1. The van der Waals surface area contributed by atoms with Crippen LogP contribution in [0.3, 0.4) is 0 Å². The summed E-state index contributed by atoms with van der Waals surface area (Å²) in [5.41, 5.74) is 1.15. The molecule has 1 aromatic rings. The van der Waals surface area contributed by atoms with E-state index in [1.165, 1.54) is 12.8 Å². The summed E-state index contributed by atoms with van der Waals surface area (Å²) < 4.78 is 0. The van der Waals surface area contributed by atoms with E-state index in [-0.39, 0.29) is 17.7 Å². The van der Waals surface area contributed by atoms with Crippen molar-refractivity contribution in [1.29, 1.82) is 0 Å². The summed E-state index contributed by atoms with van der Waals surface area (Å²) in [6.45, 7) is 5.85. The first-order chi connectivity index (χ1) is 13.2. The summed E-state index contributed by atoms with van der Waals surface area (Å²) >= 11 is 0. The summed E-state index contributed by atoms with van der Waals surface area (Å²) in [6.07, 6.45) is 5.44. The van der Waals surface area contributed by atoms with E-state index in [0.717, 1.165) is 38.0 Å². The highest BCUT2D eigenvalue weighted by molar-refractivity contribution is 5.85. The Morgan fingerprint density at radius 1 is 0.889 bits per heavy atom. The van der Waals surface area contributed by atoms with E-state index in [9.17, 15) is 9.59 Å². The van der Waals surface area contributed by atoms with Crippen LogP contribution in [0.1, 0.15) is 43.6 Å². The van der Waals surface area contributed by atoms with Gasteiger partial charge in [0.25, 0.3) is 0 Å². The molecule has 1 unspecified atom stereocenters. The first kappa shape index (κ1) is 18.5. The normalized spacial score (nSPS) is 22.1. The van der Waals surface area contributed by atoms with Crippen molar-refractivity contribution >= 4 is 11.8 Å². The third-order valence-electron chi connectivity index (χ3n) is 6.30. The first-order valence-corrected chi connectivity index (χ1v) is 10.6. The predicted octanol–water partition coefficient (Wildman–Crippen LogP) is 2.34. The van der Waals surface area contributed by atoms with E-state index in [2.05, 4.69) is 17.0 Å². The van der Waals surface area contributed by atoms with Gasteiger partial charge in [-0.15, -0.1) is 0 Å². The monoisotopic (exact) mass is 369 g/mol. The highest BCUT2D eigenvalue weighted by Gasteiger charge is 2.40. The second-order valence-electron chi connectivity index (χ2n) is 8.23. The largest absolute Gasteiger partial charge is 0.339 e. The molecule has 0 spiro atoms. The van der Waals surface area contributed by atoms with Gasteiger partial charge in [0.1, 0.15) is 0 Å². The Balaban J connectivity index is 1.29. The smallest absolute Gasteiger partial charge is 0.230 e. The minimum absolute atomic E-state index is 0.00335. The molecule has 2 saturated heterocycles. The van der Waals surface area contributed by atoms with E-state index in [1.54, 1.807) is 0 Å². The van der Waals surface area contributed by atoms with E-state index in [0.29, 0.717) is 38.5 Å². The summed E-state index contributed by atoms with van der Waals surface area (Å²) in [7, 11) is 0. The van der Waals surface area contributed by atoms with Gasteiger partial charge in [0.05, 0.1) is 5.92 Å². The molecule has 3 fully saturated rings. The fourth-order valence-electron chi connectivity index (χ4n) is 4.50. The van der Waals surface area contributed by atoms with Crippen molar-refractivity contribution in [2.45, 2.75) is 38.0 Å². The Bertz CT molecular complexity index is 645. The zero-order valence-electron chi connectivity index (χ0n) is 16.2. The molecule has 5 heteroatoms. The van der Waals surface area contributed by atoms with Gasteiger partial charge in [0.2, 0.25) is 11.8 Å². The first-order valence-electron chi connectivity index (χ1n) is 10.6. The molecule has 3 aliphatic rings. The topological polar surface area (TPSA) is 43.9 Å². The molecule has 1 saturated carbocycles. The highest BCUT2D eigenvalue weighted by atomic mass is 16.2. The number of piperazine rings is 1. The van der Waals surface area contributed by atoms with Crippen molar-refractivity contribution in [3.63, 3.8) is 0 Å². The van der Waals surface area contributed by atoms with Gasteiger partial charge in [-0.3, -0.25) is 9.59 Å². The third-order valence-corrected chi connectivity index (χ3v) is 6.30. The Morgan fingerprint density at radius 2 is 1.52 bits per heavy atom. The second-order valence-corrected chi connectivity index (χ2v) is 8.23. The fourth-order valence-corrected chi connectivity index (χ4v) is 4.50. The average molecular weight is 370 g/mol. The van der Waals surface area contributed by atoms with Crippen LogP contribution in [-0.4, -0.2) is 72.3 Å². The van der Waals surface area contributed by atoms with E-state index >= 15 is 0 Å². The molecule has 0 bridgehead atoms. The Morgan fingerprint density at radius 3 is 2.15 bits per heavy atom. The average Bonchev–Trinajstić information content (AvgIpc) is 3.40. The molecule has 2 amide bonds. The molecule has 1 aliphatic carbocycles. The molecule has 0 N–H and O–H groups in total. The summed E-state index contributed by atoms with van der Waals surface area (Å²) in [6, 6.07) is 10.2. The van der Waals surface area contributed by atoms with Crippen LogP contribution in [0.25, 0.3) is 0 Å². The molecular formula is C22H31N3O2. The van der Waals surface area contributed by atoms with E-state index in [1.807, 2.05) is 28.0 Å². The molecule has 5 nitrogen and oxygen atoms in total. The zero-order valence-corrected chi connectivity index (χ0v) is 16.2. The molecule has 27 heavy (non-hydrogen) atoms. The van der Waals surface area contributed by atoms with Crippen molar-refractivity contribution < 1.29 is 9.59 Å². The maximum absolute atomic E-state index is 13.2. The van der Waals surface area contributed by atoms with Gasteiger partial charge in [-0.05, 0) is 50.3 Å². The maximum atomic E-state index is 13.2. The highest BCUT2D eigenvalue weighted by Crippen LogP contribution is 2.43. The van der Waals surface area contributed by atoms with Crippen molar-refractivity contribution in [2.24, 2.45) is 5.92 Å². The SMILES string of the molecule is O=C(CCN1CCCC1)N1CCN(C(=O)C(c2ccccc2)C2CC2)CC1. The van der Waals surface area contributed by atoms with Crippen LogP contribution < -0.4 is 0 Å². The lowest BCUT2D eigenvalue weighted by molar-refractivity contribution is -0.140. The standard InChI is InChI=1S/C22H31N3O2/c26-20(10-13-23-11-4-5-12-23)24-14-16-25(17-15-24)22(27)21(19-8-9-19)18-6-2-1-3-7-18/h1-3,6-7,19,21H,4-5,8-17H2. The lowest BCUT2D eigenvalue weighted by atomic mass is 9.92. The fraction of sp³-hybridized carbons (Fsp3) is 0.636. The third kappa shape index (κ3) is 4.52. The number of hydrogen-bond donors (Lipinski definition) is 0. The minimum Gasteiger partial charge on any atom is -0.339 e. The van der Waals surface area contributed by atoms with Crippen LogP contribution in [0.4, 0.5) is 0 Å². The van der Waals surface area contributed by atoms with Gasteiger partial charge >= 0.3 is 0 Å². The van der Waals surface area contributed by atoms with Crippen LogP contribution in [-0.2, 0) is 9.59 Å². The summed E-state index contributed by atoms with van der Waals surface area (Å²) in [5.74, 6) is 1.01. The lowest BCUT2D eigenvalue weighted by Crippen LogP contribution is -2.52. The molecule has 2 aliphatic heterocycles. The Labute approximate surface area is 162 Å². The number of carbonyl (C=O) groups is 2. The van der Waals surface area contributed by atoms with Crippen LogP contribution in [0.5, 0.6) is 0 Å². The summed E-state index contributed by atoms with van der Waals surface area (Å²) in [4.78, 5) is 32.0. The number of rotatable bonds is 6. The summed E-state index contributed by atoms with van der Waals surface area (Å²) in [5, 5.41) is 0. The molecule has 2 heterocycles. The van der Waals surface area contributed by atoms with Crippen LogP contribution in [0, 0.1) is 5.92 Å². The minimum atomic E-state index is 0.00335. The predicted molar refractivity (Wildman–Crippen MR) is 105 cm³/mol. The molecular weight excluding hydrogens is 338 g/mol. The van der Waals surface area contributed by atoms with E-state index < -0.39 is 0 Å². The van der Waals surface area contributed by atoms with Crippen molar-refractivity contribution in [3.8, 4) is 0 Å². The zero-order chi connectivity index (χ0) is 18.6. The lowest BCUT2D eigenvalue weighted by Gasteiger charge is -2.37. The van der Waals surface area contributed by atoms with Crippen LogP contribution >= 0.6 is 0 Å². The van der Waals surface area contributed by atoms with Crippen molar-refractivity contribution in [1.82, 2.24) is 14.7 Å². The van der Waals surface area contributed by atoms with Crippen molar-refractivity contribution in [3.05, 3.63) is 35.9 Å². The van der Waals surface area contributed by atoms with Gasteiger partial charge in [0.15, 0.2) is 0 Å².